The summed E-state index contributed by atoms with van der Waals surface area (Å²) >= 11 is 0. The second-order valence-electron chi connectivity index (χ2n) is 6.92. The number of amides is 2. The Morgan fingerprint density at radius 2 is 1.95 bits per heavy atom. The second kappa shape index (κ2) is 6.64. The molecule has 0 radical (unpaired) electrons. The molecule has 0 aromatic heterocycles. The second-order valence-corrected chi connectivity index (χ2v) is 6.92. The van der Waals surface area contributed by atoms with Gasteiger partial charge in [-0.3, -0.25) is 9.69 Å². The molecule has 0 aromatic carbocycles. The maximum absolute atomic E-state index is 11.9. The Morgan fingerprint density at radius 3 is 2.67 bits per heavy atom. The third-order valence-corrected chi connectivity index (χ3v) is 3.99. The Bertz CT molecular complexity index is 392. The van der Waals surface area contributed by atoms with E-state index < -0.39 is 11.7 Å². The van der Waals surface area contributed by atoms with Gasteiger partial charge >= 0.3 is 6.09 Å². The Balaban J connectivity index is 1.71. The quantitative estimate of drug-likeness (QED) is 0.822. The number of ether oxygens (including phenoxy) is 1. The number of piperidine rings is 1. The van der Waals surface area contributed by atoms with Crippen molar-refractivity contribution >= 4 is 12.0 Å². The molecule has 21 heavy (non-hydrogen) atoms. The molecule has 2 amide bonds. The molecule has 2 heterocycles. The van der Waals surface area contributed by atoms with Gasteiger partial charge < -0.3 is 15.4 Å². The first-order valence-electron chi connectivity index (χ1n) is 7.85. The molecule has 2 N–H and O–H groups in total. The minimum Gasteiger partial charge on any atom is -0.444 e. The Kier molecular flexibility index (Phi) is 5.08. The minimum absolute atomic E-state index is 0.0296. The molecule has 2 fully saturated rings. The van der Waals surface area contributed by atoms with Crippen molar-refractivity contribution in [2.45, 2.75) is 64.1 Å². The summed E-state index contributed by atoms with van der Waals surface area (Å²) in [7, 11) is 0. The largest absolute Gasteiger partial charge is 0.444 e. The molecule has 2 aliphatic rings. The van der Waals surface area contributed by atoms with Gasteiger partial charge in [-0.25, -0.2) is 4.79 Å². The monoisotopic (exact) mass is 297 g/mol. The fourth-order valence-corrected chi connectivity index (χ4v) is 3.14. The van der Waals surface area contributed by atoms with E-state index in [9.17, 15) is 9.59 Å². The van der Waals surface area contributed by atoms with Crippen molar-refractivity contribution in [3.8, 4) is 0 Å². The highest BCUT2D eigenvalue weighted by molar-refractivity contribution is 5.82. The smallest absolute Gasteiger partial charge is 0.408 e. The summed E-state index contributed by atoms with van der Waals surface area (Å²) < 4.78 is 5.11. The molecule has 0 saturated carbocycles. The molecule has 0 unspecified atom stereocenters. The van der Waals surface area contributed by atoms with E-state index in [2.05, 4.69) is 15.5 Å². The number of nitrogens with one attached hydrogen (secondary N) is 2. The normalized spacial score (nSPS) is 26.0. The number of carbonyl (C=O) groups is 2. The van der Waals surface area contributed by atoms with Crippen LogP contribution in [0.15, 0.2) is 0 Å². The molecule has 2 aliphatic heterocycles. The summed E-state index contributed by atoms with van der Waals surface area (Å²) in [6.07, 6.45) is 4.11. The van der Waals surface area contributed by atoms with Gasteiger partial charge in [0.25, 0.3) is 0 Å². The predicted octanol–water partition coefficient (Wildman–Crippen LogP) is 1.25. The van der Waals surface area contributed by atoms with Gasteiger partial charge in [-0.15, -0.1) is 0 Å². The Labute approximate surface area is 126 Å². The van der Waals surface area contributed by atoms with Crippen molar-refractivity contribution in [3.05, 3.63) is 0 Å². The average molecular weight is 297 g/mol. The van der Waals surface area contributed by atoms with Crippen molar-refractivity contribution < 1.29 is 14.3 Å². The number of carbonyl (C=O) groups excluding carboxylic acids is 2. The van der Waals surface area contributed by atoms with E-state index in [0.717, 1.165) is 25.9 Å². The zero-order valence-corrected chi connectivity index (χ0v) is 13.3. The van der Waals surface area contributed by atoms with Crippen LogP contribution in [0.5, 0.6) is 0 Å². The van der Waals surface area contributed by atoms with Crippen LogP contribution in [0, 0.1) is 0 Å². The molecule has 0 bridgehead atoms. The van der Waals surface area contributed by atoms with Crippen LogP contribution < -0.4 is 10.6 Å². The lowest BCUT2D eigenvalue weighted by Crippen LogP contribution is -2.49. The standard InChI is InChI=1S/C15H27N3O3/c1-15(2,3)21-14(20)16-10-13(19)17-11-7-9-18-8-5-4-6-12(11)18/h11-12H,4-10H2,1-3H3,(H,16,20)(H,17,19)/t11-,12-/m1/s1. The predicted molar refractivity (Wildman–Crippen MR) is 80.0 cm³/mol. The SMILES string of the molecule is CC(C)(C)OC(=O)NCC(=O)N[C@@H]1CCN2CCCC[C@H]12. The van der Waals surface area contributed by atoms with Crippen LogP contribution in [-0.2, 0) is 9.53 Å². The Hall–Kier alpha value is -1.30. The fourth-order valence-electron chi connectivity index (χ4n) is 3.14. The molecule has 2 atom stereocenters. The third-order valence-electron chi connectivity index (χ3n) is 3.99. The van der Waals surface area contributed by atoms with Crippen LogP contribution in [0.3, 0.4) is 0 Å². The zero-order chi connectivity index (χ0) is 15.5. The van der Waals surface area contributed by atoms with Gasteiger partial charge in [-0.2, -0.15) is 0 Å². The molecule has 2 rings (SSSR count). The average Bonchev–Trinajstić information content (AvgIpc) is 2.78. The van der Waals surface area contributed by atoms with E-state index in [1.807, 2.05) is 0 Å². The summed E-state index contributed by atoms with van der Waals surface area (Å²) in [5, 5.41) is 5.54. The van der Waals surface area contributed by atoms with Gasteiger partial charge in [-0.05, 0) is 46.6 Å². The first-order valence-corrected chi connectivity index (χ1v) is 7.85. The van der Waals surface area contributed by atoms with Gasteiger partial charge in [0, 0.05) is 18.6 Å². The third kappa shape index (κ3) is 4.88. The highest BCUT2D eigenvalue weighted by Gasteiger charge is 2.36. The highest BCUT2D eigenvalue weighted by Crippen LogP contribution is 2.26. The van der Waals surface area contributed by atoms with Crippen LogP contribution in [0.2, 0.25) is 0 Å². The molecule has 0 aliphatic carbocycles. The maximum Gasteiger partial charge on any atom is 0.408 e. The first-order chi connectivity index (χ1) is 9.85. The summed E-state index contributed by atoms with van der Waals surface area (Å²) in [5.74, 6) is -0.140. The summed E-state index contributed by atoms with van der Waals surface area (Å²) in [6.45, 7) is 7.56. The number of alkyl carbamates (subject to hydrolysis) is 1. The van der Waals surface area contributed by atoms with E-state index in [0.29, 0.717) is 6.04 Å². The lowest BCUT2D eigenvalue weighted by atomic mass is 9.99. The van der Waals surface area contributed by atoms with E-state index in [1.165, 1.54) is 12.8 Å². The number of hydrogen-bond donors (Lipinski definition) is 2. The van der Waals surface area contributed by atoms with Gasteiger partial charge in [-0.1, -0.05) is 6.42 Å². The van der Waals surface area contributed by atoms with Crippen molar-refractivity contribution in [2.75, 3.05) is 19.6 Å². The minimum atomic E-state index is -0.552. The van der Waals surface area contributed by atoms with E-state index in [1.54, 1.807) is 20.8 Å². The van der Waals surface area contributed by atoms with Crippen molar-refractivity contribution in [2.24, 2.45) is 0 Å². The zero-order valence-electron chi connectivity index (χ0n) is 13.3. The van der Waals surface area contributed by atoms with E-state index >= 15 is 0 Å². The van der Waals surface area contributed by atoms with Crippen LogP contribution in [0.25, 0.3) is 0 Å². The van der Waals surface area contributed by atoms with Crippen LogP contribution in [0.1, 0.15) is 46.5 Å². The molecule has 6 heteroatoms. The summed E-state index contributed by atoms with van der Waals surface area (Å²) in [5.41, 5.74) is -0.547. The molecule has 2 saturated heterocycles. The molecular weight excluding hydrogens is 270 g/mol. The molecule has 0 aromatic rings. The highest BCUT2D eigenvalue weighted by atomic mass is 16.6. The Morgan fingerprint density at radius 1 is 1.19 bits per heavy atom. The molecule has 0 spiro atoms. The van der Waals surface area contributed by atoms with Crippen LogP contribution in [0.4, 0.5) is 4.79 Å². The summed E-state index contributed by atoms with van der Waals surface area (Å²) in [4.78, 5) is 25.9. The lowest BCUT2D eigenvalue weighted by Gasteiger charge is -2.32. The number of nitrogens with zero attached hydrogens (tertiary/aromatic N) is 1. The van der Waals surface area contributed by atoms with E-state index in [4.69, 9.17) is 4.74 Å². The van der Waals surface area contributed by atoms with Gasteiger partial charge in [0.2, 0.25) is 5.91 Å². The van der Waals surface area contributed by atoms with Gasteiger partial charge in [0.15, 0.2) is 0 Å². The lowest BCUT2D eigenvalue weighted by molar-refractivity contribution is -0.121. The molecular formula is C15H27N3O3. The van der Waals surface area contributed by atoms with Crippen LogP contribution in [-0.4, -0.2) is 54.2 Å². The van der Waals surface area contributed by atoms with Crippen molar-refractivity contribution in [3.63, 3.8) is 0 Å². The van der Waals surface area contributed by atoms with Crippen molar-refractivity contribution in [1.29, 1.82) is 0 Å². The number of rotatable bonds is 3. The number of fused-ring (bicyclic) bond motifs is 1. The topological polar surface area (TPSA) is 70.7 Å². The van der Waals surface area contributed by atoms with E-state index in [-0.39, 0.29) is 18.5 Å². The fraction of sp³-hybridized carbons (Fsp3) is 0.867. The molecule has 120 valence electrons. The first kappa shape index (κ1) is 16.1. The molecule has 6 nitrogen and oxygen atoms in total. The van der Waals surface area contributed by atoms with Gasteiger partial charge in [0.05, 0.1) is 0 Å². The maximum atomic E-state index is 11.9. The summed E-state index contributed by atoms with van der Waals surface area (Å²) in [6, 6.07) is 0.697. The van der Waals surface area contributed by atoms with Gasteiger partial charge in [0.1, 0.15) is 12.1 Å². The van der Waals surface area contributed by atoms with Crippen molar-refractivity contribution in [1.82, 2.24) is 15.5 Å². The number of hydrogen-bond acceptors (Lipinski definition) is 4. The van der Waals surface area contributed by atoms with Crippen LogP contribution >= 0.6 is 0 Å².